The topological polar surface area (TPSA) is 96.7 Å². The van der Waals surface area contributed by atoms with E-state index >= 15 is 0 Å². The maximum absolute atomic E-state index is 11.6. The summed E-state index contributed by atoms with van der Waals surface area (Å²) in [6.07, 6.45) is 4.39. The van der Waals surface area contributed by atoms with Gasteiger partial charge in [0.2, 0.25) is 11.9 Å². The standard InChI is InChI=1S/C10H13N5OS/c1-6-4-13-10(14-6)15-8(16)3-2-7-5-12-9(11)17-7/h4-5H,2-3H2,1H3,(H2,11,12)(H2,13,14,15,16). The second-order valence-electron chi connectivity index (χ2n) is 3.63. The molecule has 0 fully saturated rings. The maximum atomic E-state index is 11.6. The molecule has 0 saturated heterocycles. The molecule has 0 radical (unpaired) electrons. The van der Waals surface area contributed by atoms with E-state index in [-0.39, 0.29) is 5.91 Å². The van der Waals surface area contributed by atoms with Crippen LogP contribution in [0.3, 0.4) is 0 Å². The van der Waals surface area contributed by atoms with Crippen LogP contribution in [-0.4, -0.2) is 20.9 Å². The number of aryl methyl sites for hydroxylation is 2. The minimum Gasteiger partial charge on any atom is -0.375 e. The van der Waals surface area contributed by atoms with Gasteiger partial charge >= 0.3 is 0 Å². The monoisotopic (exact) mass is 251 g/mol. The molecule has 0 aromatic carbocycles. The summed E-state index contributed by atoms with van der Waals surface area (Å²) in [6.45, 7) is 1.88. The van der Waals surface area contributed by atoms with E-state index in [0.29, 0.717) is 23.9 Å². The molecular formula is C10H13N5OS. The number of aromatic nitrogens is 3. The summed E-state index contributed by atoms with van der Waals surface area (Å²) in [4.78, 5) is 23.5. The number of imidazole rings is 1. The van der Waals surface area contributed by atoms with Crippen LogP contribution in [0.15, 0.2) is 12.4 Å². The highest BCUT2D eigenvalue weighted by Crippen LogP contribution is 2.16. The average Bonchev–Trinajstić information content (AvgIpc) is 2.85. The number of aromatic amines is 1. The van der Waals surface area contributed by atoms with Gasteiger partial charge in [0.1, 0.15) is 0 Å². The molecule has 0 aliphatic carbocycles. The molecule has 2 aromatic rings. The number of amides is 1. The first kappa shape index (κ1) is 11.6. The number of H-pyrrole nitrogens is 1. The van der Waals surface area contributed by atoms with Gasteiger partial charge in [-0.25, -0.2) is 9.97 Å². The van der Waals surface area contributed by atoms with Gasteiger partial charge in [-0.05, 0) is 13.3 Å². The van der Waals surface area contributed by atoms with Gasteiger partial charge in [0.25, 0.3) is 0 Å². The van der Waals surface area contributed by atoms with Gasteiger partial charge in [0.05, 0.1) is 0 Å². The van der Waals surface area contributed by atoms with E-state index < -0.39 is 0 Å². The SMILES string of the molecule is Cc1cnc(NC(=O)CCc2cnc(N)s2)[nH]1. The minimum absolute atomic E-state index is 0.0775. The lowest BCUT2D eigenvalue weighted by molar-refractivity contribution is -0.116. The van der Waals surface area contributed by atoms with E-state index in [4.69, 9.17) is 5.73 Å². The van der Waals surface area contributed by atoms with Gasteiger partial charge in [-0.2, -0.15) is 0 Å². The Morgan fingerprint density at radius 2 is 2.35 bits per heavy atom. The molecule has 2 rings (SSSR count). The average molecular weight is 251 g/mol. The van der Waals surface area contributed by atoms with Crippen molar-refractivity contribution in [3.05, 3.63) is 23.0 Å². The second-order valence-corrected chi connectivity index (χ2v) is 4.77. The van der Waals surface area contributed by atoms with E-state index in [0.717, 1.165) is 10.6 Å². The van der Waals surface area contributed by atoms with Crippen molar-refractivity contribution in [2.75, 3.05) is 11.1 Å². The molecule has 0 aliphatic rings. The van der Waals surface area contributed by atoms with Crippen LogP contribution >= 0.6 is 11.3 Å². The fourth-order valence-electron chi connectivity index (χ4n) is 1.35. The van der Waals surface area contributed by atoms with Crippen molar-refractivity contribution in [3.63, 3.8) is 0 Å². The van der Waals surface area contributed by atoms with Crippen molar-refractivity contribution in [1.82, 2.24) is 15.0 Å². The van der Waals surface area contributed by atoms with E-state index in [9.17, 15) is 4.79 Å². The summed E-state index contributed by atoms with van der Waals surface area (Å²) < 4.78 is 0. The predicted octanol–water partition coefficient (Wildman–Crippen LogP) is 1.33. The zero-order valence-electron chi connectivity index (χ0n) is 9.36. The maximum Gasteiger partial charge on any atom is 0.227 e. The molecule has 1 amide bonds. The van der Waals surface area contributed by atoms with E-state index in [1.54, 1.807) is 12.4 Å². The lowest BCUT2D eigenvalue weighted by Gasteiger charge is -2.00. The molecule has 0 spiro atoms. The summed E-state index contributed by atoms with van der Waals surface area (Å²) in [5, 5.41) is 3.22. The van der Waals surface area contributed by atoms with Crippen LogP contribution in [0.25, 0.3) is 0 Å². The van der Waals surface area contributed by atoms with E-state index in [2.05, 4.69) is 20.3 Å². The van der Waals surface area contributed by atoms with Crippen LogP contribution in [0, 0.1) is 6.92 Å². The summed E-state index contributed by atoms with van der Waals surface area (Å²) in [5.74, 6) is 0.405. The molecule has 0 saturated carbocycles. The highest BCUT2D eigenvalue weighted by molar-refractivity contribution is 7.15. The number of rotatable bonds is 4. The van der Waals surface area contributed by atoms with Gasteiger partial charge < -0.3 is 10.7 Å². The van der Waals surface area contributed by atoms with Crippen LogP contribution in [0.4, 0.5) is 11.1 Å². The Hall–Kier alpha value is -1.89. The Morgan fingerprint density at radius 3 is 2.94 bits per heavy atom. The Kier molecular flexibility index (Phi) is 3.38. The highest BCUT2D eigenvalue weighted by Gasteiger charge is 2.06. The lowest BCUT2D eigenvalue weighted by atomic mass is 10.3. The van der Waals surface area contributed by atoms with E-state index in [1.165, 1.54) is 11.3 Å². The third-order valence-electron chi connectivity index (χ3n) is 2.13. The normalized spacial score (nSPS) is 10.4. The fourth-order valence-corrected chi connectivity index (χ4v) is 2.03. The van der Waals surface area contributed by atoms with Gasteiger partial charge in [0, 0.05) is 29.4 Å². The Balaban J connectivity index is 1.82. The summed E-state index contributed by atoms with van der Waals surface area (Å²) in [5.41, 5.74) is 6.42. The second kappa shape index (κ2) is 4.96. The van der Waals surface area contributed by atoms with Crippen molar-refractivity contribution in [3.8, 4) is 0 Å². The van der Waals surface area contributed by atoms with Crippen molar-refractivity contribution in [2.45, 2.75) is 19.8 Å². The predicted molar refractivity (Wildman–Crippen MR) is 66.8 cm³/mol. The fraction of sp³-hybridized carbons (Fsp3) is 0.300. The highest BCUT2D eigenvalue weighted by atomic mass is 32.1. The Morgan fingerprint density at radius 1 is 1.53 bits per heavy atom. The third kappa shape index (κ3) is 3.28. The largest absolute Gasteiger partial charge is 0.375 e. The first-order valence-corrected chi connectivity index (χ1v) is 5.97. The molecule has 6 nitrogen and oxygen atoms in total. The number of carbonyl (C=O) groups excluding carboxylic acids is 1. The molecule has 90 valence electrons. The van der Waals surface area contributed by atoms with Crippen molar-refractivity contribution in [1.29, 1.82) is 0 Å². The van der Waals surface area contributed by atoms with Crippen molar-refractivity contribution in [2.24, 2.45) is 0 Å². The van der Waals surface area contributed by atoms with Gasteiger partial charge in [0.15, 0.2) is 5.13 Å². The quantitative estimate of drug-likeness (QED) is 0.763. The number of nitrogens with one attached hydrogen (secondary N) is 2. The molecule has 4 N–H and O–H groups in total. The van der Waals surface area contributed by atoms with Crippen molar-refractivity contribution < 1.29 is 4.79 Å². The smallest absolute Gasteiger partial charge is 0.227 e. The van der Waals surface area contributed by atoms with Gasteiger partial charge in [-0.1, -0.05) is 0 Å². The first-order valence-electron chi connectivity index (χ1n) is 5.15. The number of hydrogen-bond acceptors (Lipinski definition) is 5. The van der Waals surface area contributed by atoms with Crippen LogP contribution in [0.1, 0.15) is 17.0 Å². The number of thiazole rings is 1. The van der Waals surface area contributed by atoms with Gasteiger partial charge in [-0.3, -0.25) is 10.1 Å². The third-order valence-corrected chi connectivity index (χ3v) is 3.02. The molecule has 2 aromatic heterocycles. The summed E-state index contributed by atoms with van der Waals surface area (Å²) in [7, 11) is 0. The van der Waals surface area contributed by atoms with Crippen molar-refractivity contribution >= 4 is 28.3 Å². The zero-order valence-corrected chi connectivity index (χ0v) is 10.2. The zero-order chi connectivity index (χ0) is 12.3. The number of nitrogen functional groups attached to an aromatic ring is 1. The summed E-state index contributed by atoms with van der Waals surface area (Å²) in [6, 6.07) is 0. The summed E-state index contributed by atoms with van der Waals surface area (Å²) >= 11 is 1.40. The lowest BCUT2D eigenvalue weighted by Crippen LogP contribution is -2.13. The van der Waals surface area contributed by atoms with Crippen LogP contribution in [-0.2, 0) is 11.2 Å². The molecule has 0 bridgehead atoms. The molecule has 17 heavy (non-hydrogen) atoms. The van der Waals surface area contributed by atoms with Gasteiger partial charge in [-0.15, -0.1) is 11.3 Å². The molecule has 0 unspecified atom stereocenters. The Labute approximate surface area is 102 Å². The van der Waals surface area contributed by atoms with Crippen LogP contribution in [0.5, 0.6) is 0 Å². The molecule has 0 atom stereocenters. The number of nitrogens with two attached hydrogens (primary N) is 1. The number of nitrogens with zero attached hydrogens (tertiary/aromatic N) is 2. The molecule has 0 aliphatic heterocycles. The number of anilines is 2. The molecular weight excluding hydrogens is 238 g/mol. The number of hydrogen-bond donors (Lipinski definition) is 3. The molecule has 7 heteroatoms. The van der Waals surface area contributed by atoms with E-state index in [1.807, 2.05) is 6.92 Å². The van der Waals surface area contributed by atoms with Crippen LogP contribution < -0.4 is 11.1 Å². The first-order chi connectivity index (χ1) is 8.13. The van der Waals surface area contributed by atoms with Crippen LogP contribution in [0.2, 0.25) is 0 Å². The Bertz CT molecular complexity index is 518. The number of carbonyl (C=O) groups is 1. The minimum atomic E-state index is -0.0775. The molecule has 2 heterocycles.